The molecule has 3 rings (SSSR count). The van der Waals surface area contributed by atoms with Crippen molar-refractivity contribution in [3.8, 4) is 22.6 Å². The van der Waals surface area contributed by atoms with Crippen molar-refractivity contribution in [2.75, 3.05) is 6.54 Å². The van der Waals surface area contributed by atoms with Crippen LogP contribution in [0.15, 0.2) is 36.4 Å². The minimum absolute atomic E-state index is 0.0787. The van der Waals surface area contributed by atoms with Gasteiger partial charge in [-0.2, -0.15) is 0 Å². The number of ketones is 1. The number of rotatable bonds is 3. The molecule has 1 aliphatic rings. The Morgan fingerprint density at radius 2 is 1.70 bits per heavy atom. The van der Waals surface area contributed by atoms with Crippen molar-refractivity contribution in [1.29, 1.82) is 0 Å². The van der Waals surface area contributed by atoms with Gasteiger partial charge in [0.2, 0.25) is 11.8 Å². The van der Waals surface area contributed by atoms with E-state index in [1.807, 2.05) is 0 Å². The number of nitrogens with two attached hydrogens (primary N) is 1. The molecule has 0 spiro atoms. The van der Waals surface area contributed by atoms with Crippen LogP contribution in [-0.4, -0.2) is 51.5 Å². The zero-order valence-electron chi connectivity index (χ0n) is 17.9. The summed E-state index contributed by atoms with van der Waals surface area (Å²) in [4.78, 5) is 49.4. The van der Waals surface area contributed by atoms with Gasteiger partial charge in [0.1, 0.15) is 23.6 Å². The molecule has 0 radical (unpaired) electrons. The van der Waals surface area contributed by atoms with Gasteiger partial charge in [-0.05, 0) is 35.4 Å². The summed E-state index contributed by atoms with van der Waals surface area (Å²) in [5.41, 5.74) is 6.59. The molecule has 1 aliphatic heterocycles. The lowest BCUT2D eigenvalue weighted by Crippen LogP contribution is -2.45. The van der Waals surface area contributed by atoms with Gasteiger partial charge in [0.25, 0.3) is 0 Å². The molecule has 1 heterocycles. The molecule has 4 bridgehead atoms. The highest BCUT2D eigenvalue weighted by Crippen LogP contribution is 2.38. The normalized spacial score (nSPS) is 21.0. The quantitative estimate of drug-likeness (QED) is 0.389. The van der Waals surface area contributed by atoms with E-state index in [9.17, 15) is 34.5 Å². The van der Waals surface area contributed by atoms with Crippen LogP contribution in [0.2, 0.25) is 0 Å². The van der Waals surface area contributed by atoms with E-state index in [2.05, 4.69) is 10.6 Å². The molecule has 0 saturated heterocycles. The lowest BCUT2D eigenvalue weighted by molar-refractivity contribution is -0.142. The van der Waals surface area contributed by atoms with E-state index in [0.29, 0.717) is 11.1 Å². The Bertz CT molecular complexity index is 1120. The minimum atomic E-state index is -1.27. The summed E-state index contributed by atoms with van der Waals surface area (Å²) >= 11 is 0. The largest absolute Gasteiger partial charge is 0.507 e. The lowest BCUT2D eigenvalue weighted by Gasteiger charge is -2.23. The lowest BCUT2D eigenvalue weighted by atomic mass is 9.90. The molecular weight excluding hydrogens is 430 g/mol. The van der Waals surface area contributed by atoms with Crippen molar-refractivity contribution in [1.82, 2.24) is 10.6 Å². The molecule has 174 valence electrons. The van der Waals surface area contributed by atoms with E-state index in [1.165, 1.54) is 43.3 Å². The van der Waals surface area contributed by atoms with Crippen LogP contribution in [0, 0.1) is 5.92 Å². The second kappa shape index (κ2) is 9.70. The highest BCUT2D eigenvalue weighted by Gasteiger charge is 2.30. The number of amides is 2. The Morgan fingerprint density at radius 1 is 1.06 bits per heavy atom. The Morgan fingerprint density at radius 3 is 2.33 bits per heavy atom. The predicted octanol–water partition coefficient (Wildman–Crippen LogP) is 0.602. The van der Waals surface area contributed by atoms with Gasteiger partial charge in [-0.3, -0.25) is 14.4 Å². The number of benzene rings is 2. The summed E-state index contributed by atoms with van der Waals surface area (Å²) in [6, 6.07) is 6.17. The van der Waals surface area contributed by atoms with Gasteiger partial charge in [-0.15, -0.1) is 0 Å². The number of phenolic OH excluding ortho intramolecular Hbond substituents is 2. The van der Waals surface area contributed by atoms with Gasteiger partial charge in [-0.1, -0.05) is 19.1 Å². The van der Waals surface area contributed by atoms with E-state index < -0.39 is 41.6 Å². The predicted molar refractivity (Wildman–Crippen MR) is 117 cm³/mol. The molecule has 33 heavy (non-hydrogen) atoms. The van der Waals surface area contributed by atoms with Gasteiger partial charge in [0.15, 0.2) is 5.78 Å². The Labute approximate surface area is 189 Å². The number of nitrogens with one attached hydrogen (secondary N) is 2. The van der Waals surface area contributed by atoms with Crippen LogP contribution in [0.3, 0.4) is 0 Å². The van der Waals surface area contributed by atoms with E-state index in [1.54, 1.807) is 0 Å². The highest BCUT2D eigenvalue weighted by molar-refractivity contribution is 5.94. The fraction of sp³-hybridized carbons (Fsp3) is 0.304. The van der Waals surface area contributed by atoms with Crippen LogP contribution in [0.4, 0.5) is 0 Å². The van der Waals surface area contributed by atoms with Gasteiger partial charge >= 0.3 is 5.97 Å². The maximum absolute atomic E-state index is 13.1. The van der Waals surface area contributed by atoms with E-state index in [-0.39, 0.29) is 42.0 Å². The minimum Gasteiger partial charge on any atom is -0.507 e. The van der Waals surface area contributed by atoms with Gasteiger partial charge in [-0.25, -0.2) is 4.79 Å². The van der Waals surface area contributed by atoms with Crippen LogP contribution >= 0.6 is 0 Å². The van der Waals surface area contributed by atoms with Crippen LogP contribution in [-0.2, 0) is 25.6 Å². The van der Waals surface area contributed by atoms with Crippen molar-refractivity contribution < 1.29 is 34.5 Å². The SMILES string of the molecule is C[C@@H]1CC(=O)[C@@H](NC(=O)CN)c2ccc(O)c(c2)-c2cc(ccc2O)C[C@@H](C(=O)O)NC1=O. The summed E-state index contributed by atoms with van der Waals surface area (Å²) in [6.45, 7) is 1.12. The fourth-order valence-corrected chi connectivity index (χ4v) is 3.71. The fourth-order valence-electron chi connectivity index (χ4n) is 3.71. The molecule has 10 nitrogen and oxygen atoms in total. The number of phenols is 2. The van der Waals surface area contributed by atoms with Crippen molar-refractivity contribution in [2.24, 2.45) is 11.7 Å². The molecule has 0 fully saturated rings. The molecule has 0 aromatic heterocycles. The summed E-state index contributed by atoms with van der Waals surface area (Å²) in [5, 5.41) is 35.4. The van der Waals surface area contributed by atoms with Crippen LogP contribution < -0.4 is 16.4 Å². The summed E-state index contributed by atoms with van der Waals surface area (Å²) < 4.78 is 0. The molecule has 2 aromatic carbocycles. The smallest absolute Gasteiger partial charge is 0.326 e. The van der Waals surface area contributed by atoms with Gasteiger partial charge in [0.05, 0.1) is 6.54 Å². The summed E-state index contributed by atoms with van der Waals surface area (Å²) in [5.74, 6) is -4.23. The van der Waals surface area contributed by atoms with Crippen LogP contribution in [0.25, 0.3) is 11.1 Å². The zero-order valence-corrected chi connectivity index (χ0v) is 17.9. The average Bonchev–Trinajstić information content (AvgIpc) is 2.77. The number of hydrogen-bond donors (Lipinski definition) is 6. The molecule has 0 saturated carbocycles. The highest BCUT2D eigenvalue weighted by atomic mass is 16.4. The second-order valence-corrected chi connectivity index (χ2v) is 8.01. The van der Waals surface area contributed by atoms with E-state index in [4.69, 9.17) is 5.73 Å². The number of carboxylic acids is 1. The number of fused-ring (bicyclic) bond motifs is 5. The number of carboxylic acid groups (broad SMARTS) is 1. The van der Waals surface area contributed by atoms with Crippen molar-refractivity contribution in [3.05, 3.63) is 47.5 Å². The Hall–Kier alpha value is -3.92. The topological polar surface area (TPSA) is 179 Å². The third-order valence-electron chi connectivity index (χ3n) is 5.53. The van der Waals surface area contributed by atoms with Gasteiger partial charge < -0.3 is 31.7 Å². The molecule has 0 aliphatic carbocycles. The third-order valence-corrected chi connectivity index (χ3v) is 5.53. The maximum Gasteiger partial charge on any atom is 0.326 e. The van der Waals surface area contributed by atoms with Crippen LogP contribution in [0.5, 0.6) is 11.5 Å². The first-order valence-electron chi connectivity index (χ1n) is 10.3. The first kappa shape index (κ1) is 23.7. The number of Topliss-reactive ketones (excluding diaryl/α,β-unsaturated/α-hetero) is 1. The standard InChI is InChI=1S/C23H25N3O7/c1-11-6-19(29)21(26-20(30)10-24)13-3-5-18(28)15(9-13)14-7-12(2-4-17(14)27)8-16(23(32)33)25-22(11)31/h2-5,7,9,11,16,21,27-28H,6,8,10,24H2,1H3,(H,25,31)(H,26,30)(H,32,33)/t11-,16+,21+/m1/s1. The van der Waals surface area contributed by atoms with Gasteiger partial charge in [0, 0.05) is 29.9 Å². The number of aromatic hydroxyl groups is 2. The zero-order chi connectivity index (χ0) is 24.3. The second-order valence-electron chi connectivity index (χ2n) is 8.01. The summed E-state index contributed by atoms with van der Waals surface area (Å²) in [6.07, 6.45) is -0.356. The first-order valence-corrected chi connectivity index (χ1v) is 10.3. The number of hydrogen-bond acceptors (Lipinski definition) is 7. The Kier molecular flexibility index (Phi) is 6.98. The van der Waals surface area contributed by atoms with Crippen LogP contribution in [0.1, 0.15) is 30.5 Å². The van der Waals surface area contributed by atoms with Crippen molar-refractivity contribution in [2.45, 2.75) is 31.8 Å². The monoisotopic (exact) mass is 455 g/mol. The average molecular weight is 455 g/mol. The van der Waals surface area contributed by atoms with Crippen molar-refractivity contribution >= 4 is 23.6 Å². The van der Waals surface area contributed by atoms with Crippen molar-refractivity contribution in [3.63, 3.8) is 0 Å². The molecule has 2 amide bonds. The third kappa shape index (κ3) is 5.29. The number of carbonyl (C=O) groups excluding carboxylic acids is 3. The maximum atomic E-state index is 13.1. The number of aliphatic carboxylic acids is 1. The molecule has 0 unspecified atom stereocenters. The molecule has 7 N–H and O–H groups in total. The van der Waals surface area contributed by atoms with E-state index in [0.717, 1.165) is 0 Å². The first-order chi connectivity index (χ1) is 15.6. The molecule has 2 aromatic rings. The molecule has 3 atom stereocenters. The summed E-state index contributed by atoms with van der Waals surface area (Å²) in [7, 11) is 0. The molecular formula is C23H25N3O7. The molecule has 10 heteroatoms. The van der Waals surface area contributed by atoms with E-state index >= 15 is 0 Å². The Balaban J connectivity index is 2.20. The number of carbonyl (C=O) groups is 4.